The Labute approximate surface area is 358 Å². The van der Waals surface area contributed by atoms with Crippen LogP contribution in [0.5, 0.6) is 34.5 Å². The molecule has 3 aliphatic rings. The molecule has 7 nitrogen and oxygen atoms in total. The number of rotatable bonds is 18. The fraction of sp³-hybridized carbons (Fsp3) is 0.654. The summed E-state index contributed by atoms with van der Waals surface area (Å²) in [5.74, 6) is 6.95. The molecule has 0 aromatic heterocycles. The summed E-state index contributed by atoms with van der Waals surface area (Å²) in [6, 6.07) is 20.0. The molecule has 3 saturated carbocycles. The highest BCUT2D eigenvalue weighted by molar-refractivity contribution is 5.43. The number of aliphatic hydroxyl groups is 1. The summed E-state index contributed by atoms with van der Waals surface area (Å²) in [4.78, 5) is 0. The Morgan fingerprint density at radius 3 is 1.58 bits per heavy atom. The van der Waals surface area contributed by atoms with Crippen molar-refractivity contribution in [1.29, 1.82) is 0 Å². The number of ether oxygens (including phenoxy) is 6. The van der Waals surface area contributed by atoms with Crippen LogP contribution < -0.4 is 28.4 Å². The van der Waals surface area contributed by atoms with Gasteiger partial charge in [-0.3, -0.25) is 0 Å². The maximum absolute atomic E-state index is 10.7. The van der Waals surface area contributed by atoms with E-state index in [1.165, 1.54) is 89.0 Å². The van der Waals surface area contributed by atoms with Gasteiger partial charge in [0.15, 0.2) is 0 Å². The molecule has 3 aliphatic carbocycles. The van der Waals surface area contributed by atoms with Gasteiger partial charge in [0.05, 0.1) is 38.6 Å². The molecule has 0 saturated heterocycles. The standard InChI is InChI=1S/C18H28O3.2C17H26O2/c1-2-13-20-16-9-8-10-17(14-16)21-15-18(19)11-6-4-3-5-7-12-18;1-3-12-18-16-10-7-11-17(14(16)2)19-13-15-8-5-4-6-9-15;1-3-11-18-17-12-16(10-9-14(17)2)19-13-15-7-5-4-6-8-15/h8-10,14,19H,2-7,11-13,15H2,1H3;7,10-11,15H,3-6,8-9,12-13H2,1-2H3;9-10,12,15H,3-8,11,13H2,1-2H3. The van der Waals surface area contributed by atoms with Crippen LogP contribution in [-0.2, 0) is 0 Å². The number of hydrogen-bond donors (Lipinski definition) is 1. The fourth-order valence-electron chi connectivity index (χ4n) is 8.09. The summed E-state index contributed by atoms with van der Waals surface area (Å²) >= 11 is 0. The predicted octanol–water partition coefficient (Wildman–Crippen LogP) is 13.8. The van der Waals surface area contributed by atoms with Crippen LogP contribution in [0.15, 0.2) is 60.7 Å². The van der Waals surface area contributed by atoms with Crippen LogP contribution in [-0.4, -0.2) is 50.3 Å². The van der Waals surface area contributed by atoms with Gasteiger partial charge in [-0.15, -0.1) is 0 Å². The van der Waals surface area contributed by atoms with Crippen molar-refractivity contribution in [3.63, 3.8) is 0 Å². The van der Waals surface area contributed by atoms with Crippen molar-refractivity contribution >= 4 is 0 Å². The quantitative estimate of drug-likeness (QED) is 0.137. The van der Waals surface area contributed by atoms with E-state index in [1.54, 1.807) is 0 Å². The van der Waals surface area contributed by atoms with E-state index < -0.39 is 5.60 Å². The van der Waals surface area contributed by atoms with Crippen molar-refractivity contribution in [2.24, 2.45) is 11.8 Å². The van der Waals surface area contributed by atoms with Crippen molar-refractivity contribution in [3.8, 4) is 34.5 Å². The second kappa shape index (κ2) is 28.0. The first-order valence-corrected chi connectivity index (χ1v) is 23.6. The van der Waals surface area contributed by atoms with Crippen LogP contribution in [0.25, 0.3) is 0 Å². The van der Waals surface area contributed by atoms with Gasteiger partial charge in [-0.2, -0.15) is 0 Å². The molecule has 0 radical (unpaired) electrons. The van der Waals surface area contributed by atoms with E-state index >= 15 is 0 Å². The molecule has 0 aliphatic heterocycles. The maximum Gasteiger partial charge on any atom is 0.125 e. The summed E-state index contributed by atoms with van der Waals surface area (Å²) in [6.45, 7) is 14.9. The first-order valence-electron chi connectivity index (χ1n) is 23.6. The van der Waals surface area contributed by atoms with E-state index in [9.17, 15) is 5.11 Å². The van der Waals surface area contributed by atoms with Crippen LogP contribution in [0, 0.1) is 25.7 Å². The van der Waals surface area contributed by atoms with Crippen LogP contribution in [0.2, 0.25) is 0 Å². The van der Waals surface area contributed by atoms with Crippen molar-refractivity contribution in [1.82, 2.24) is 0 Å². The molecule has 1 N–H and O–H groups in total. The minimum absolute atomic E-state index is 0.379. The van der Waals surface area contributed by atoms with Gasteiger partial charge in [0, 0.05) is 17.7 Å². The van der Waals surface area contributed by atoms with Gasteiger partial charge in [-0.25, -0.2) is 0 Å². The highest BCUT2D eigenvalue weighted by Crippen LogP contribution is 2.32. The van der Waals surface area contributed by atoms with E-state index in [0.717, 1.165) is 123 Å². The molecule has 0 atom stereocenters. The molecule has 330 valence electrons. The SMILES string of the molecule is CCCOc1cc(OCC2CCCCC2)ccc1C.CCCOc1cccc(OCC2(O)CCCCCCC2)c1.CCCOc1cccc(OCC2CCCCC2)c1C. The average Bonchev–Trinajstić information content (AvgIpc) is 3.26. The van der Waals surface area contributed by atoms with Gasteiger partial charge in [-0.05, 0) is 119 Å². The Hall–Kier alpha value is -3.58. The number of benzene rings is 3. The third-order valence-electron chi connectivity index (χ3n) is 11.8. The second-order valence-corrected chi connectivity index (χ2v) is 17.2. The topological polar surface area (TPSA) is 75.6 Å². The van der Waals surface area contributed by atoms with Crippen molar-refractivity contribution in [3.05, 3.63) is 71.8 Å². The molecule has 59 heavy (non-hydrogen) atoms. The lowest BCUT2D eigenvalue weighted by Crippen LogP contribution is -2.36. The highest BCUT2D eigenvalue weighted by Gasteiger charge is 2.28. The Kier molecular flexibility index (Phi) is 22.9. The normalized spacial score (nSPS) is 17.1. The lowest BCUT2D eigenvalue weighted by atomic mass is 9.88. The van der Waals surface area contributed by atoms with Crippen molar-refractivity contribution in [2.75, 3.05) is 39.6 Å². The molecule has 3 fully saturated rings. The molecule has 0 amide bonds. The third-order valence-corrected chi connectivity index (χ3v) is 11.8. The summed E-state index contributed by atoms with van der Waals surface area (Å²) in [6.07, 6.45) is 24.3. The molecule has 6 rings (SSSR count). The summed E-state index contributed by atoms with van der Waals surface area (Å²) in [7, 11) is 0. The number of aryl methyl sites for hydroxylation is 1. The molecular weight excluding hydrogens is 737 g/mol. The van der Waals surface area contributed by atoms with E-state index in [0.29, 0.717) is 13.2 Å². The Balaban J connectivity index is 0.000000196. The lowest BCUT2D eigenvalue weighted by molar-refractivity contribution is -0.0257. The Bertz CT molecular complexity index is 1530. The van der Waals surface area contributed by atoms with Crippen LogP contribution in [0.1, 0.15) is 160 Å². The van der Waals surface area contributed by atoms with Crippen LogP contribution >= 0.6 is 0 Å². The smallest absolute Gasteiger partial charge is 0.125 e. The first-order chi connectivity index (χ1) is 28.8. The van der Waals surface area contributed by atoms with E-state index in [2.05, 4.69) is 52.8 Å². The van der Waals surface area contributed by atoms with Crippen LogP contribution in [0.3, 0.4) is 0 Å². The lowest BCUT2D eigenvalue weighted by Gasteiger charge is -2.30. The molecule has 0 unspecified atom stereocenters. The van der Waals surface area contributed by atoms with E-state index in [-0.39, 0.29) is 0 Å². The molecule has 7 heteroatoms. The van der Waals surface area contributed by atoms with E-state index in [1.807, 2.05) is 42.5 Å². The van der Waals surface area contributed by atoms with Crippen molar-refractivity contribution in [2.45, 2.75) is 169 Å². The molecule has 0 heterocycles. The fourth-order valence-corrected chi connectivity index (χ4v) is 8.09. The monoisotopic (exact) mass is 817 g/mol. The van der Waals surface area contributed by atoms with E-state index in [4.69, 9.17) is 28.4 Å². The molecule has 0 bridgehead atoms. The van der Waals surface area contributed by atoms with Gasteiger partial charge in [-0.1, -0.05) is 110 Å². The zero-order valence-electron chi connectivity index (χ0n) is 37.7. The zero-order chi connectivity index (χ0) is 42.0. The average molecular weight is 817 g/mol. The first kappa shape index (κ1) is 48.1. The second-order valence-electron chi connectivity index (χ2n) is 17.2. The zero-order valence-corrected chi connectivity index (χ0v) is 37.7. The molecule has 0 spiro atoms. The highest BCUT2D eigenvalue weighted by atomic mass is 16.5. The minimum atomic E-state index is -0.666. The summed E-state index contributed by atoms with van der Waals surface area (Å²) < 4.78 is 34.9. The maximum atomic E-state index is 10.7. The Morgan fingerprint density at radius 2 is 0.966 bits per heavy atom. The molecule has 3 aromatic carbocycles. The van der Waals surface area contributed by atoms with Crippen molar-refractivity contribution < 1.29 is 33.5 Å². The Morgan fingerprint density at radius 1 is 0.492 bits per heavy atom. The minimum Gasteiger partial charge on any atom is -0.493 e. The largest absolute Gasteiger partial charge is 0.493 e. The third kappa shape index (κ3) is 18.7. The number of hydrogen-bond acceptors (Lipinski definition) is 7. The van der Waals surface area contributed by atoms with Gasteiger partial charge in [0.1, 0.15) is 41.1 Å². The van der Waals surface area contributed by atoms with Gasteiger partial charge >= 0.3 is 0 Å². The van der Waals surface area contributed by atoms with Gasteiger partial charge in [0.2, 0.25) is 0 Å². The van der Waals surface area contributed by atoms with Gasteiger partial charge in [0.25, 0.3) is 0 Å². The summed E-state index contributed by atoms with van der Waals surface area (Å²) in [5.41, 5.74) is 1.64. The molecular formula is C52H80O7. The van der Waals surface area contributed by atoms with Gasteiger partial charge < -0.3 is 33.5 Å². The summed E-state index contributed by atoms with van der Waals surface area (Å²) in [5, 5.41) is 10.7. The van der Waals surface area contributed by atoms with Crippen LogP contribution in [0.4, 0.5) is 0 Å². The molecule has 3 aromatic rings. The predicted molar refractivity (Wildman–Crippen MR) is 243 cm³/mol.